The number of rotatable bonds is 3. The average Bonchev–Trinajstić information content (AvgIpc) is 2.67. The van der Waals surface area contributed by atoms with Gasteiger partial charge in [0.05, 0.1) is 0 Å². The highest BCUT2D eigenvalue weighted by atomic mass is 32.1. The molecule has 84 valence electrons. The summed E-state index contributed by atoms with van der Waals surface area (Å²) in [5.74, 6) is 1.69. The molecular formula is C11H14N4S. The molecule has 4 nitrogen and oxygen atoms in total. The molecule has 0 aliphatic carbocycles. The van der Waals surface area contributed by atoms with Gasteiger partial charge < -0.3 is 5.73 Å². The van der Waals surface area contributed by atoms with Gasteiger partial charge in [-0.05, 0) is 12.3 Å². The van der Waals surface area contributed by atoms with E-state index in [4.69, 9.17) is 5.73 Å². The first-order valence-electron chi connectivity index (χ1n) is 5.18. The first-order valence-corrected chi connectivity index (χ1v) is 6.06. The normalized spacial score (nSPS) is 10.9. The minimum atomic E-state index is 0.510. The molecule has 2 N–H and O–H groups in total. The number of hydrogen-bond donors (Lipinski definition) is 1. The van der Waals surface area contributed by atoms with Crippen LogP contribution in [-0.4, -0.2) is 15.0 Å². The lowest BCUT2D eigenvalue weighted by molar-refractivity contribution is 0.635. The quantitative estimate of drug-likeness (QED) is 0.885. The number of nitrogens with zero attached hydrogens (tertiary/aromatic N) is 3. The molecule has 2 aromatic rings. The van der Waals surface area contributed by atoms with Crippen LogP contribution in [0.25, 0.3) is 10.8 Å². The van der Waals surface area contributed by atoms with Gasteiger partial charge in [-0.25, -0.2) is 15.0 Å². The predicted molar refractivity (Wildman–Crippen MR) is 66.1 cm³/mol. The minimum Gasteiger partial charge on any atom is -0.384 e. The van der Waals surface area contributed by atoms with Crippen molar-refractivity contribution in [1.29, 1.82) is 0 Å². The van der Waals surface area contributed by atoms with Gasteiger partial charge >= 0.3 is 0 Å². The predicted octanol–water partition coefficient (Wildman–Crippen LogP) is 2.38. The molecule has 16 heavy (non-hydrogen) atoms. The monoisotopic (exact) mass is 234 g/mol. The third-order valence-electron chi connectivity index (χ3n) is 2.04. The molecule has 0 aliphatic rings. The Morgan fingerprint density at radius 1 is 1.38 bits per heavy atom. The molecule has 0 spiro atoms. The average molecular weight is 234 g/mol. The molecule has 0 amide bonds. The van der Waals surface area contributed by atoms with Crippen LogP contribution in [0, 0.1) is 5.92 Å². The van der Waals surface area contributed by atoms with E-state index in [2.05, 4.69) is 28.8 Å². The van der Waals surface area contributed by atoms with Crippen molar-refractivity contribution in [2.24, 2.45) is 5.92 Å². The van der Waals surface area contributed by atoms with Gasteiger partial charge in [-0.1, -0.05) is 13.8 Å². The lowest BCUT2D eigenvalue weighted by Crippen LogP contribution is -2.03. The second-order valence-corrected chi connectivity index (χ2v) is 4.94. The Balaban J connectivity index is 2.36. The first-order chi connectivity index (χ1) is 7.65. The zero-order chi connectivity index (χ0) is 11.5. The van der Waals surface area contributed by atoms with Gasteiger partial charge in [0.15, 0.2) is 10.8 Å². The lowest BCUT2D eigenvalue weighted by Gasteiger charge is -2.06. The molecule has 5 heteroatoms. The fraction of sp³-hybridized carbons (Fsp3) is 0.364. The van der Waals surface area contributed by atoms with Crippen LogP contribution in [-0.2, 0) is 6.42 Å². The molecule has 0 saturated heterocycles. The largest absolute Gasteiger partial charge is 0.384 e. The van der Waals surface area contributed by atoms with Gasteiger partial charge in [-0.2, -0.15) is 0 Å². The molecule has 0 atom stereocenters. The highest BCUT2D eigenvalue weighted by Gasteiger charge is 2.08. The lowest BCUT2D eigenvalue weighted by atomic mass is 10.1. The van der Waals surface area contributed by atoms with E-state index in [-0.39, 0.29) is 0 Å². The molecular weight excluding hydrogens is 220 g/mol. The van der Waals surface area contributed by atoms with Crippen molar-refractivity contribution < 1.29 is 0 Å². The van der Waals surface area contributed by atoms with E-state index in [0.29, 0.717) is 17.6 Å². The van der Waals surface area contributed by atoms with Crippen molar-refractivity contribution >= 4 is 17.2 Å². The molecule has 2 heterocycles. The van der Waals surface area contributed by atoms with Gasteiger partial charge in [-0.15, -0.1) is 11.3 Å². The second-order valence-electron chi connectivity index (χ2n) is 4.04. The smallest absolute Gasteiger partial charge is 0.190 e. The Kier molecular flexibility index (Phi) is 3.14. The summed E-state index contributed by atoms with van der Waals surface area (Å²) in [6, 6.07) is 1.83. The van der Waals surface area contributed by atoms with Gasteiger partial charge in [-0.3, -0.25) is 0 Å². The fourth-order valence-electron chi connectivity index (χ4n) is 1.47. The molecule has 0 aromatic carbocycles. The number of thiazole rings is 1. The summed E-state index contributed by atoms with van der Waals surface area (Å²) in [5.41, 5.74) is 6.75. The molecule has 0 unspecified atom stereocenters. The molecule has 0 aliphatic heterocycles. The van der Waals surface area contributed by atoms with E-state index in [9.17, 15) is 0 Å². The second kappa shape index (κ2) is 4.57. The summed E-state index contributed by atoms with van der Waals surface area (Å²) in [7, 11) is 0. The van der Waals surface area contributed by atoms with Crippen molar-refractivity contribution in [3.8, 4) is 10.8 Å². The maximum atomic E-state index is 5.77. The van der Waals surface area contributed by atoms with Crippen LogP contribution >= 0.6 is 11.3 Å². The van der Waals surface area contributed by atoms with Crippen LogP contribution < -0.4 is 5.73 Å². The first kappa shape index (κ1) is 11.0. The van der Waals surface area contributed by atoms with Crippen LogP contribution in [0.4, 0.5) is 5.82 Å². The number of nitrogens with two attached hydrogens (primary N) is 1. The molecule has 0 fully saturated rings. The number of aromatic nitrogens is 3. The summed E-state index contributed by atoms with van der Waals surface area (Å²) >= 11 is 1.52. The van der Waals surface area contributed by atoms with Crippen molar-refractivity contribution in [3.63, 3.8) is 0 Å². The van der Waals surface area contributed by atoms with Gasteiger partial charge in [0.25, 0.3) is 0 Å². The number of hydrogen-bond acceptors (Lipinski definition) is 5. The Morgan fingerprint density at radius 3 is 2.81 bits per heavy atom. The number of nitrogen functional groups attached to an aromatic ring is 1. The Morgan fingerprint density at radius 2 is 2.19 bits per heavy atom. The molecule has 2 rings (SSSR count). The van der Waals surface area contributed by atoms with E-state index in [1.165, 1.54) is 11.3 Å². The van der Waals surface area contributed by atoms with E-state index in [1.54, 1.807) is 6.20 Å². The topological polar surface area (TPSA) is 64.7 Å². The van der Waals surface area contributed by atoms with Gasteiger partial charge in [0.1, 0.15) is 5.82 Å². The SMILES string of the molecule is CC(C)Cc1cc(N)nc(-c2nccs2)n1. The van der Waals surface area contributed by atoms with Crippen molar-refractivity contribution in [1.82, 2.24) is 15.0 Å². The summed E-state index contributed by atoms with van der Waals surface area (Å²) in [5, 5.41) is 2.72. The van der Waals surface area contributed by atoms with E-state index in [1.807, 2.05) is 11.4 Å². The van der Waals surface area contributed by atoms with Crippen molar-refractivity contribution in [2.75, 3.05) is 5.73 Å². The highest BCUT2D eigenvalue weighted by Crippen LogP contribution is 2.20. The summed E-state index contributed by atoms with van der Waals surface area (Å²) < 4.78 is 0. The van der Waals surface area contributed by atoms with Gasteiger partial charge in [0.2, 0.25) is 0 Å². The maximum absolute atomic E-state index is 5.77. The van der Waals surface area contributed by atoms with Crippen LogP contribution in [0.2, 0.25) is 0 Å². The standard InChI is InChI=1S/C11H14N4S/c1-7(2)5-8-6-9(12)15-10(14-8)11-13-3-4-16-11/h3-4,6-7H,5H2,1-2H3,(H2,12,14,15). The third kappa shape index (κ3) is 2.55. The molecule has 0 bridgehead atoms. The highest BCUT2D eigenvalue weighted by molar-refractivity contribution is 7.12. The van der Waals surface area contributed by atoms with Crippen LogP contribution in [0.1, 0.15) is 19.5 Å². The van der Waals surface area contributed by atoms with Crippen LogP contribution in [0.15, 0.2) is 17.6 Å². The Hall–Kier alpha value is -1.49. The molecule has 0 saturated carbocycles. The van der Waals surface area contributed by atoms with E-state index in [0.717, 1.165) is 17.1 Å². The summed E-state index contributed by atoms with van der Waals surface area (Å²) in [6.45, 7) is 4.31. The number of anilines is 1. The third-order valence-corrected chi connectivity index (χ3v) is 2.81. The van der Waals surface area contributed by atoms with Gasteiger partial charge in [0, 0.05) is 23.3 Å². The molecule has 0 radical (unpaired) electrons. The van der Waals surface area contributed by atoms with Crippen molar-refractivity contribution in [3.05, 3.63) is 23.3 Å². The van der Waals surface area contributed by atoms with E-state index >= 15 is 0 Å². The summed E-state index contributed by atoms with van der Waals surface area (Å²) in [4.78, 5) is 12.9. The Bertz CT molecular complexity index is 465. The maximum Gasteiger partial charge on any atom is 0.190 e. The zero-order valence-electron chi connectivity index (χ0n) is 9.34. The van der Waals surface area contributed by atoms with Crippen molar-refractivity contribution in [2.45, 2.75) is 20.3 Å². The van der Waals surface area contributed by atoms with Crippen LogP contribution in [0.3, 0.4) is 0 Å². The van der Waals surface area contributed by atoms with E-state index < -0.39 is 0 Å². The summed E-state index contributed by atoms with van der Waals surface area (Å²) in [6.07, 6.45) is 2.65. The van der Waals surface area contributed by atoms with Crippen LogP contribution in [0.5, 0.6) is 0 Å². The zero-order valence-corrected chi connectivity index (χ0v) is 10.2. The molecule has 2 aromatic heterocycles. The fourth-order valence-corrected chi connectivity index (χ4v) is 2.04. The minimum absolute atomic E-state index is 0.510. The Labute approximate surface area is 98.6 Å².